The highest BCUT2D eigenvalue weighted by atomic mass is 16.5. The van der Waals surface area contributed by atoms with E-state index >= 15 is 0 Å². The maximum absolute atomic E-state index is 5.58. The van der Waals surface area contributed by atoms with Gasteiger partial charge in [-0.05, 0) is 7.05 Å². The van der Waals surface area contributed by atoms with E-state index in [1.54, 1.807) is 6.20 Å². The minimum absolute atomic E-state index is 0.741. The Bertz CT molecular complexity index is 308. The summed E-state index contributed by atoms with van der Waals surface area (Å²) >= 11 is 0. The van der Waals surface area contributed by atoms with Crippen LogP contribution in [0.4, 0.5) is 0 Å². The van der Waals surface area contributed by atoms with Gasteiger partial charge < -0.3 is 14.5 Å². The molecule has 1 aromatic rings. The first-order valence-corrected chi connectivity index (χ1v) is 5.77. The number of hydrogen-bond donors (Lipinski definition) is 1. The molecular weight excluding hydrogens is 206 g/mol. The Balaban J connectivity index is 1.75. The molecule has 0 aromatic carbocycles. The third-order valence-electron chi connectivity index (χ3n) is 2.70. The van der Waals surface area contributed by atoms with E-state index in [-0.39, 0.29) is 0 Å². The zero-order valence-corrected chi connectivity index (χ0v) is 9.74. The van der Waals surface area contributed by atoms with Gasteiger partial charge in [-0.25, -0.2) is 4.98 Å². The fourth-order valence-electron chi connectivity index (χ4n) is 1.80. The van der Waals surface area contributed by atoms with Crippen LogP contribution in [0.25, 0.3) is 0 Å². The second-order valence-corrected chi connectivity index (χ2v) is 3.95. The Hall–Kier alpha value is -0.910. The second-order valence-electron chi connectivity index (χ2n) is 3.95. The summed E-state index contributed by atoms with van der Waals surface area (Å²) in [5.74, 6) is 1.73. The normalized spacial score (nSPS) is 17.8. The van der Waals surface area contributed by atoms with Gasteiger partial charge >= 0.3 is 0 Å². The molecule has 0 bridgehead atoms. The lowest BCUT2D eigenvalue weighted by Gasteiger charge is -2.25. The largest absolute Gasteiger partial charge is 0.444 e. The predicted octanol–water partition coefficient (Wildman–Crippen LogP) is 0.269. The van der Waals surface area contributed by atoms with Gasteiger partial charge in [-0.2, -0.15) is 0 Å². The standard InChI is InChI=1S/C11H19N3O2/c1-12-8-10-9-13-11(16-10)2-3-14-4-6-15-7-5-14/h9,12H,2-8H2,1H3. The summed E-state index contributed by atoms with van der Waals surface area (Å²) in [6, 6.07) is 0. The highest BCUT2D eigenvalue weighted by Crippen LogP contribution is 2.05. The summed E-state index contributed by atoms with van der Waals surface area (Å²) in [5, 5.41) is 3.04. The van der Waals surface area contributed by atoms with Crippen LogP contribution < -0.4 is 5.32 Å². The van der Waals surface area contributed by atoms with E-state index < -0.39 is 0 Å². The highest BCUT2D eigenvalue weighted by Gasteiger charge is 2.11. The van der Waals surface area contributed by atoms with E-state index in [0.29, 0.717) is 0 Å². The Morgan fingerprint density at radius 2 is 2.25 bits per heavy atom. The zero-order chi connectivity index (χ0) is 11.2. The third kappa shape index (κ3) is 3.30. The van der Waals surface area contributed by atoms with Crippen molar-refractivity contribution in [3.05, 3.63) is 17.8 Å². The van der Waals surface area contributed by atoms with Crippen molar-refractivity contribution >= 4 is 0 Å². The molecule has 0 saturated carbocycles. The molecule has 0 unspecified atom stereocenters. The molecule has 0 amide bonds. The van der Waals surface area contributed by atoms with Gasteiger partial charge in [-0.1, -0.05) is 0 Å². The van der Waals surface area contributed by atoms with Crippen molar-refractivity contribution in [2.24, 2.45) is 0 Å². The van der Waals surface area contributed by atoms with E-state index in [9.17, 15) is 0 Å². The lowest BCUT2D eigenvalue weighted by atomic mass is 10.3. The van der Waals surface area contributed by atoms with Crippen LogP contribution in [0.15, 0.2) is 10.6 Å². The Labute approximate surface area is 95.8 Å². The summed E-state index contributed by atoms with van der Waals surface area (Å²) in [6.45, 7) is 5.47. The topological polar surface area (TPSA) is 50.5 Å². The van der Waals surface area contributed by atoms with Crippen LogP contribution in [0.1, 0.15) is 11.7 Å². The van der Waals surface area contributed by atoms with Crippen molar-refractivity contribution in [1.29, 1.82) is 0 Å². The molecule has 0 spiro atoms. The lowest BCUT2D eigenvalue weighted by molar-refractivity contribution is 0.0377. The third-order valence-corrected chi connectivity index (χ3v) is 2.70. The SMILES string of the molecule is CNCc1cnc(CCN2CCOCC2)o1. The van der Waals surface area contributed by atoms with Crippen molar-refractivity contribution in [3.63, 3.8) is 0 Å². The van der Waals surface area contributed by atoms with Crippen LogP contribution in [-0.2, 0) is 17.7 Å². The van der Waals surface area contributed by atoms with E-state index in [4.69, 9.17) is 9.15 Å². The molecular formula is C11H19N3O2. The number of morpholine rings is 1. The number of rotatable bonds is 5. The van der Waals surface area contributed by atoms with Crippen molar-refractivity contribution < 1.29 is 9.15 Å². The molecule has 90 valence electrons. The molecule has 1 saturated heterocycles. The maximum atomic E-state index is 5.58. The van der Waals surface area contributed by atoms with Crippen LogP contribution in [0.3, 0.4) is 0 Å². The summed E-state index contributed by atoms with van der Waals surface area (Å²) in [6.07, 6.45) is 2.68. The predicted molar refractivity (Wildman–Crippen MR) is 60.2 cm³/mol. The van der Waals surface area contributed by atoms with Crippen molar-refractivity contribution in [3.8, 4) is 0 Å². The summed E-state index contributed by atoms with van der Waals surface area (Å²) in [7, 11) is 1.90. The second kappa shape index (κ2) is 5.98. The summed E-state index contributed by atoms with van der Waals surface area (Å²) in [5.41, 5.74) is 0. The first-order valence-electron chi connectivity index (χ1n) is 5.77. The molecule has 1 aliphatic rings. The quantitative estimate of drug-likeness (QED) is 0.779. The van der Waals surface area contributed by atoms with Crippen LogP contribution in [0.5, 0.6) is 0 Å². The fourth-order valence-corrected chi connectivity index (χ4v) is 1.80. The number of nitrogens with one attached hydrogen (secondary N) is 1. The molecule has 5 nitrogen and oxygen atoms in total. The van der Waals surface area contributed by atoms with Gasteiger partial charge in [0, 0.05) is 26.1 Å². The average molecular weight is 225 g/mol. The van der Waals surface area contributed by atoms with Gasteiger partial charge in [0.1, 0.15) is 5.76 Å². The minimum atomic E-state index is 0.741. The molecule has 1 fully saturated rings. The smallest absolute Gasteiger partial charge is 0.195 e. The Morgan fingerprint density at radius 1 is 1.44 bits per heavy atom. The van der Waals surface area contributed by atoms with Crippen LogP contribution in [0, 0.1) is 0 Å². The molecule has 1 aromatic heterocycles. The van der Waals surface area contributed by atoms with Gasteiger partial charge in [-0.3, -0.25) is 4.90 Å². The molecule has 2 rings (SSSR count). The van der Waals surface area contributed by atoms with Crippen LogP contribution >= 0.6 is 0 Å². The van der Waals surface area contributed by atoms with E-state index in [1.807, 2.05) is 7.05 Å². The summed E-state index contributed by atoms with van der Waals surface area (Å²) < 4.78 is 10.9. The fraction of sp³-hybridized carbons (Fsp3) is 0.727. The maximum Gasteiger partial charge on any atom is 0.195 e. The number of oxazole rings is 1. The number of aromatic nitrogens is 1. The van der Waals surface area contributed by atoms with Gasteiger partial charge in [0.15, 0.2) is 5.89 Å². The van der Waals surface area contributed by atoms with Crippen molar-refractivity contribution in [2.75, 3.05) is 39.9 Å². The molecule has 0 aliphatic carbocycles. The highest BCUT2D eigenvalue weighted by molar-refractivity contribution is 4.94. The number of ether oxygens (including phenoxy) is 1. The van der Waals surface area contributed by atoms with E-state index in [2.05, 4.69) is 15.2 Å². The van der Waals surface area contributed by atoms with Gasteiger partial charge in [0.25, 0.3) is 0 Å². The van der Waals surface area contributed by atoms with Crippen molar-refractivity contribution in [1.82, 2.24) is 15.2 Å². The molecule has 16 heavy (non-hydrogen) atoms. The minimum Gasteiger partial charge on any atom is -0.444 e. The number of nitrogens with zero attached hydrogens (tertiary/aromatic N) is 2. The first-order chi connectivity index (χ1) is 7.88. The first kappa shape index (κ1) is 11.6. The molecule has 0 atom stereocenters. The van der Waals surface area contributed by atoms with Gasteiger partial charge in [0.2, 0.25) is 0 Å². The summed E-state index contributed by atoms with van der Waals surface area (Å²) in [4.78, 5) is 6.64. The molecule has 1 N–H and O–H groups in total. The molecule has 5 heteroatoms. The Morgan fingerprint density at radius 3 is 3.00 bits per heavy atom. The van der Waals surface area contributed by atoms with Crippen LogP contribution in [0.2, 0.25) is 0 Å². The van der Waals surface area contributed by atoms with Gasteiger partial charge in [-0.15, -0.1) is 0 Å². The van der Waals surface area contributed by atoms with E-state index in [1.165, 1.54) is 0 Å². The molecule has 2 heterocycles. The monoisotopic (exact) mass is 225 g/mol. The number of hydrogen-bond acceptors (Lipinski definition) is 5. The van der Waals surface area contributed by atoms with Crippen molar-refractivity contribution in [2.45, 2.75) is 13.0 Å². The van der Waals surface area contributed by atoms with Gasteiger partial charge in [0.05, 0.1) is 26.0 Å². The van der Waals surface area contributed by atoms with E-state index in [0.717, 1.165) is 57.5 Å². The molecule has 1 aliphatic heterocycles. The average Bonchev–Trinajstić information content (AvgIpc) is 2.76. The molecule has 0 radical (unpaired) electrons. The zero-order valence-electron chi connectivity index (χ0n) is 9.74. The Kier molecular flexibility index (Phi) is 4.33. The van der Waals surface area contributed by atoms with Crippen LogP contribution in [-0.4, -0.2) is 49.8 Å². The lowest BCUT2D eigenvalue weighted by Crippen LogP contribution is -2.37.